The predicted octanol–water partition coefficient (Wildman–Crippen LogP) is -0.348. The molecular formula is C3H14NO4P+2. The molecule has 0 aromatic rings. The molecule has 9 heavy (non-hydrogen) atoms. The van der Waals surface area contributed by atoms with Crippen molar-refractivity contribution in [2.75, 3.05) is 6.54 Å². The van der Waals surface area contributed by atoms with Gasteiger partial charge in [-0.15, -0.1) is 0 Å². The smallest absolute Gasteiger partial charge is 0.330 e. The molecule has 6 heteroatoms. The maximum absolute atomic E-state index is 8.88. The quantitative estimate of drug-likeness (QED) is 0.391. The largest absolute Gasteiger partial charge is 1.00 e. The van der Waals surface area contributed by atoms with Gasteiger partial charge in [0, 0.05) is 0 Å². The van der Waals surface area contributed by atoms with Crippen molar-refractivity contribution in [1.82, 2.24) is 0 Å². The van der Waals surface area contributed by atoms with Crippen LogP contribution >= 0.6 is 7.82 Å². The van der Waals surface area contributed by atoms with Gasteiger partial charge in [0.05, 0.1) is 0 Å². The van der Waals surface area contributed by atoms with E-state index in [-0.39, 0.29) is 2.85 Å². The molecule has 0 bridgehead atoms. The van der Waals surface area contributed by atoms with Crippen molar-refractivity contribution in [3.05, 3.63) is 0 Å². The van der Waals surface area contributed by atoms with E-state index >= 15 is 0 Å². The highest BCUT2D eigenvalue weighted by molar-refractivity contribution is 7.45. The minimum absolute atomic E-state index is 0. The zero-order valence-corrected chi connectivity index (χ0v) is 6.08. The van der Waals surface area contributed by atoms with Gasteiger partial charge in [-0.1, -0.05) is 6.92 Å². The Kier molecular flexibility index (Phi) is 8.13. The van der Waals surface area contributed by atoms with Crippen LogP contribution in [0.3, 0.4) is 0 Å². The summed E-state index contributed by atoms with van der Waals surface area (Å²) >= 11 is 0. The summed E-state index contributed by atoms with van der Waals surface area (Å²) in [6.45, 7) is 2.88. The number of phosphoric acid groups is 1. The van der Waals surface area contributed by atoms with E-state index in [9.17, 15) is 0 Å². The second-order valence-corrected chi connectivity index (χ2v) is 2.33. The highest BCUT2D eigenvalue weighted by Gasteiger charge is 2.00. The van der Waals surface area contributed by atoms with Crippen LogP contribution in [0.25, 0.3) is 0 Å². The van der Waals surface area contributed by atoms with Gasteiger partial charge in [-0.2, -0.15) is 0 Å². The fraction of sp³-hybridized carbons (Fsp3) is 1.00. The summed E-state index contributed by atoms with van der Waals surface area (Å²) < 4.78 is 8.88. The molecule has 0 atom stereocenters. The summed E-state index contributed by atoms with van der Waals surface area (Å²) in [6.07, 6.45) is 1.10. The van der Waals surface area contributed by atoms with Crippen LogP contribution < -0.4 is 5.73 Å². The van der Waals surface area contributed by atoms with E-state index in [2.05, 4.69) is 6.92 Å². The third kappa shape index (κ3) is 260. The van der Waals surface area contributed by atoms with Gasteiger partial charge in [-0.3, -0.25) is 0 Å². The first-order valence-corrected chi connectivity index (χ1v) is 3.96. The minimum atomic E-state index is -4.64. The van der Waals surface area contributed by atoms with Crippen LogP contribution in [-0.4, -0.2) is 21.2 Å². The van der Waals surface area contributed by atoms with Gasteiger partial charge in [-0.05, 0) is 13.0 Å². The summed E-state index contributed by atoms with van der Waals surface area (Å²) in [5, 5.41) is 0. The Bertz CT molecular complexity index is 87.1. The van der Waals surface area contributed by atoms with E-state index < -0.39 is 7.82 Å². The minimum Gasteiger partial charge on any atom is -0.330 e. The van der Waals surface area contributed by atoms with E-state index in [4.69, 9.17) is 25.0 Å². The second kappa shape index (κ2) is 6.19. The highest BCUT2D eigenvalue weighted by Crippen LogP contribution is 2.25. The fourth-order valence-electron chi connectivity index (χ4n) is 0. The van der Waals surface area contributed by atoms with Crippen LogP contribution in [0.4, 0.5) is 0 Å². The monoisotopic (exact) mass is 159 g/mol. The average Bonchev–Trinajstić information content (AvgIpc) is 1.61. The van der Waals surface area contributed by atoms with E-state index in [1.807, 2.05) is 0 Å². The van der Waals surface area contributed by atoms with Crippen molar-refractivity contribution in [2.24, 2.45) is 5.73 Å². The van der Waals surface area contributed by atoms with Crippen molar-refractivity contribution in [2.45, 2.75) is 13.3 Å². The molecule has 58 valence electrons. The van der Waals surface area contributed by atoms with Crippen LogP contribution in [-0.2, 0) is 4.57 Å². The molecule has 0 unspecified atom stereocenters. The molecule has 0 aromatic carbocycles. The Hall–Kier alpha value is 0.0700. The lowest BCUT2D eigenvalue weighted by atomic mass is 10.5. The molecule has 0 aliphatic carbocycles. The Balaban J connectivity index is -0.0000000383. The van der Waals surface area contributed by atoms with Crippen molar-refractivity contribution >= 4 is 7.82 Å². The normalized spacial score (nSPS) is 9.89. The molecule has 0 spiro atoms. The van der Waals surface area contributed by atoms with Gasteiger partial charge in [0.2, 0.25) is 0 Å². The molecule has 0 fully saturated rings. The van der Waals surface area contributed by atoms with Crippen LogP contribution in [0.1, 0.15) is 16.2 Å². The first-order chi connectivity index (χ1) is 3.91. The number of hydrogen-bond donors (Lipinski definition) is 4. The van der Waals surface area contributed by atoms with Crippen LogP contribution in [0.15, 0.2) is 0 Å². The lowest BCUT2D eigenvalue weighted by molar-refractivity contribution is 0.275. The Labute approximate surface area is 56.7 Å². The van der Waals surface area contributed by atoms with E-state index in [0.29, 0.717) is 0 Å². The summed E-state index contributed by atoms with van der Waals surface area (Å²) in [7, 11) is -4.64. The standard InChI is InChI=1S/C3H9N.H3O4P/c1-2-3-4;1-5(2,3)4/h2-4H2,1H3;(H3,1,2,3,4)/p+2. The van der Waals surface area contributed by atoms with E-state index in [1.54, 1.807) is 0 Å². The molecule has 0 saturated carbocycles. The summed E-state index contributed by atoms with van der Waals surface area (Å²) in [4.78, 5) is 21.6. The van der Waals surface area contributed by atoms with Gasteiger partial charge in [0.15, 0.2) is 0 Å². The molecule has 0 rings (SSSR count). The molecule has 0 aliphatic rings. The molecule has 0 aromatic heterocycles. The van der Waals surface area contributed by atoms with Gasteiger partial charge >= 0.3 is 10.7 Å². The Morgan fingerprint density at radius 3 is 1.67 bits per heavy atom. The van der Waals surface area contributed by atoms with Crippen molar-refractivity contribution in [3.8, 4) is 0 Å². The summed E-state index contributed by atoms with van der Waals surface area (Å²) in [5.74, 6) is 0. The van der Waals surface area contributed by atoms with Gasteiger partial charge in [-0.25, -0.2) is 4.57 Å². The zero-order valence-electron chi connectivity index (χ0n) is 7.19. The summed E-state index contributed by atoms with van der Waals surface area (Å²) in [6, 6.07) is 0. The van der Waals surface area contributed by atoms with Crippen molar-refractivity contribution < 1.29 is 22.1 Å². The van der Waals surface area contributed by atoms with Crippen molar-refractivity contribution in [1.29, 1.82) is 0 Å². The number of rotatable bonds is 1. The number of nitrogens with two attached hydrogens (primary N) is 1. The molecule has 0 heterocycles. The third-order valence-corrected chi connectivity index (χ3v) is 0.289. The number of hydrogen-bond acceptors (Lipinski definition) is 2. The van der Waals surface area contributed by atoms with Gasteiger partial charge in [0.1, 0.15) is 0 Å². The molecule has 0 radical (unpaired) electrons. The molecular weight excluding hydrogens is 145 g/mol. The van der Waals surface area contributed by atoms with Crippen molar-refractivity contribution in [3.63, 3.8) is 0 Å². The van der Waals surface area contributed by atoms with E-state index in [1.165, 1.54) is 0 Å². The molecule has 5 N–H and O–H groups in total. The molecule has 0 amide bonds. The zero-order chi connectivity index (χ0) is 7.91. The van der Waals surface area contributed by atoms with Gasteiger partial charge in [0.25, 0.3) is 0 Å². The predicted molar refractivity (Wildman–Crippen MR) is 35.8 cm³/mol. The third-order valence-electron chi connectivity index (χ3n) is 0.289. The highest BCUT2D eigenvalue weighted by atomic mass is 31.2. The van der Waals surface area contributed by atoms with Crippen LogP contribution in [0, 0.1) is 0 Å². The van der Waals surface area contributed by atoms with E-state index in [0.717, 1.165) is 13.0 Å². The van der Waals surface area contributed by atoms with Gasteiger partial charge < -0.3 is 20.4 Å². The lowest BCUT2D eigenvalue weighted by Gasteiger charge is -1.82. The Morgan fingerprint density at radius 2 is 1.67 bits per heavy atom. The Morgan fingerprint density at radius 1 is 1.56 bits per heavy atom. The molecule has 0 aliphatic heterocycles. The molecule has 5 nitrogen and oxygen atoms in total. The summed E-state index contributed by atoms with van der Waals surface area (Å²) in [5.41, 5.74) is 5.03. The first kappa shape index (κ1) is 11.8. The maximum Gasteiger partial charge on any atom is 1.00 e. The fourth-order valence-corrected chi connectivity index (χ4v) is 0. The van der Waals surface area contributed by atoms with Crippen LogP contribution in [0.2, 0.25) is 0 Å². The van der Waals surface area contributed by atoms with Crippen LogP contribution in [0.5, 0.6) is 0 Å². The topological polar surface area (TPSA) is 104 Å². The maximum atomic E-state index is 8.88. The average molecular weight is 159 g/mol. The first-order valence-electron chi connectivity index (χ1n) is 2.40. The second-order valence-electron chi connectivity index (χ2n) is 1.30. The SMILES string of the molecule is CCCN.O=P(O)(O)O.[H+].[H+]. The lowest BCUT2D eigenvalue weighted by Crippen LogP contribution is -1.93. The molecule has 0 saturated heterocycles.